The van der Waals surface area contributed by atoms with Gasteiger partial charge in [0.15, 0.2) is 0 Å². The van der Waals surface area contributed by atoms with Crippen LogP contribution >= 0.6 is 0 Å². The van der Waals surface area contributed by atoms with Crippen molar-refractivity contribution in [3.63, 3.8) is 0 Å². The normalized spacial score (nSPS) is 47.3. The van der Waals surface area contributed by atoms with Crippen LogP contribution in [0.1, 0.15) is 26.2 Å². The molecule has 1 aliphatic carbocycles. The van der Waals surface area contributed by atoms with E-state index in [4.69, 9.17) is 0 Å². The molecule has 0 bridgehead atoms. The Morgan fingerprint density at radius 3 is 2.15 bits per heavy atom. The highest BCUT2D eigenvalue weighted by Gasteiger charge is 2.36. The van der Waals surface area contributed by atoms with Crippen LogP contribution in [0, 0.1) is 5.92 Å². The third kappa shape index (κ3) is 1.87. The van der Waals surface area contributed by atoms with E-state index in [1.165, 1.54) is 19.3 Å². The van der Waals surface area contributed by atoms with Crippen molar-refractivity contribution in [1.29, 1.82) is 0 Å². The zero-order chi connectivity index (χ0) is 9.42. The van der Waals surface area contributed by atoms with E-state index in [0.717, 1.165) is 5.92 Å². The van der Waals surface area contributed by atoms with Gasteiger partial charge in [-0.2, -0.15) is 0 Å². The minimum atomic E-state index is -0.518. The standard InChI is InChI=1S/C10H19NO2/c1-7-2-3-8(4-7)11-5-9(12)10(13)6-11/h7-10,12-13H,2-6H2,1H3/t7?,8?,9-,10+. The fraction of sp³-hybridized carbons (Fsp3) is 1.00. The molecular weight excluding hydrogens is 166 g/mol. The van der Waals surface area contributed by atoms with Crippen molar-refractivity contribution in [2.45, 2.75) is 44.4 Å². The summed E-state index contributed by atoms with van der Waals surface area (Å²) in [6, 6.07) is 0.613. The summed E-state index contributed by atoms with van der Waals surface area (Å²) in [6.45, 7) is 3.61. The van der Waals surface area contributed by atoms with Gasteiger partial charge in [-0.15, -0.1) is 0 Å². The molecule has 0 aromatic heterocycles. The summed E-state index contributed by atoms with van der Waals surface area (Å²) in [5.74, 6) is 0.819. The van der Waals surface area contributed by atoms with E-state index >= 15 is 0 Å². The van der Waals surface area contributed by atoms with Gasteiger partial charge in [0.25, 0.3) is 0 Å². The Kier molecular flexibility index (Phi) is 2.58. The topological polar surface area (TPSA) is 43.7 Å². The summed E-state index contributed by atoms with van der Waals surface area (Å²) < 4.78 is 0. The van der Waals surface area contributed by atoms with Crippen LogP contribution in [0.2, 0.25) is 0 Å². The lowest BCUT2D eigenvalue weighted by Crippen LogP contribution is -2.32. The first-order valence-electron chi connectivity index (χ1n) is 5.27. The second-order valence-corrected chi connectivity index (χ2v) is 4.66. The highest BCUT2D eigenvalue weighted by molar-refractivity contribution is 4.90. The number of β-amino-alcohol motifs (C(OH)–C–C–N with tert-alkyl or cyclic N) is 2. The van der Waals surface area contributed by atoms with Gasteiger partial charge in [-0.25, -0.2) is 0 Å². The Bertz CT molecular complexity index is 176. The van der Waals surface area contributed by atoms with E-state index in [1.54, 1.807) is 0 Å². The van der Waals surface area contributed by atoms with Crippen LogP contribution in [0.3, 0.4) is 0 Å². The predicted octanol–water partition coefficient (Wildman–Crippen LogP) is 0.212. The van der Waals surface area contributed by atoms with E-state index in [-0.39, 0.29) is 0 Å². The van der Waals surface area contributed by atoms with Crippen molar-refractivity contribution in [3.8, 4) is 0 Å². The van der Waals surface area contributed by atoms with Crippen molar-refractivity contribution >= 4 is 0 Å². The molecule has 2 fully saturated rings. The van der Waals surface area contributed by atoms with Gasteiger partial charge in [-0.3, -0.25) is 4.90 Å². The van der Waals surface area contributed by atoms with E-state index in [2.05, 4.69) is 11.8 Å². The van der Waals surface area contributed by atoms with Gasteiger partial charge < -0.3 is 10.2 Å². The molecule has 1 saturated carbocycles. The molecule has 1 aliphatic heterocycles. The van der Waals surface area contributed by atoms with Crippen LogP contribution in [0.25, 0.3) is 0 Å². The molecule has 0 amide bonds. The third-order valence-corrected chi connectivity index (χ3v) is 3.47. The summed E-state index contributed by atoms with van der Waals surface area (Å²) in [5.41, 5.74) is 0. The van der Waals surface area contributed by atoms with E-state index in [9.17, 15) is 10.2 Å². The first-order valence-corrected chi connectivity index (χ1v) is 5.27. The van der Waals surface area contributed by atoms with Crippen LogP contribution in [-0.2, 0) is 0 Å². The molecule has 4 atom stereocenters. The number of aliphatic hydroxyl groups is 2. The summed E-state index contributed by atoms with van der Waals surface area (Å²) in [6.07, 6.45) is 2.74. The van der Waals surface area contributed by atoms with Crippen LogP contribution < -0.4 is 0 Å². The lowest BCUT2D eigenvalue weighted by atomic mass is 10.1. The maximum atomic E-state index is 9.40. The van der Waals surface area contributed by atoms with E-state index in [1.807, 2.05) is 0 Å². The van der Waals surface area contributed by atoms with Gasteiger partial charge in [-0.05, 0) is 25.2 Å². The van der Waals surface area contributed by atoms with Gasteiger partial charge in [-0.1, -0.05) is 6.92 Å². The summed E-state index contributed by atoms with van der Waals surface area (Å²) in [5, 5.41) is 18.8. The Balaban J connectivity index is 1.89. The number of nitrogens with zero attached hydrogens (tertiary/aromatic N) is 1. The minimum Gasteiger partial charge on any atom is -0.389 e. The third-order valence-electron chi connectivity index (χ3n) is 3.47. The Morgan fingerprint density at radius 1 is 1.08 bits per heavy atom. The number of hydrogen-bond acceptors (Lipinski definition) is 3. The minimum absolute atomic E-state index is 0.518. The number of hydrogen-bond donors (Lipinski definition) is 2. The predicted molar refractivity (Wildman–Crippen MR) is 50.4 cm³/mol. The second kappa shape index (κ2) is 3.56. The van der Waals surface area contributed by atoms with Gasteiger partial charge in [0.1, 0.15) is 0 Å². The first-order chi connectivity index (χ1) is 6.16. The SMILES string of the molecule is CC1CCC(N2C[C@@H](O)[C@@H](O)C2)C1. The molecule has 0 radical (unpaired) electrons. The maximum Gasteiger partial charge on any atom is 0.0938 e. The number of likely N-dealkylation sites (tertiary alicyclic amines) is 1. The Labute approximate surface area is 79.4 Å². The molecule has 0 aromatic carbocycles. The monoisotopic (exact) mass is 185 g/mol. The molecule has 3 nitrogen and oxygen atoms in total. The lowest BCUT2D eigenvalue weighted by molar-refractivity contribution is 0.0572. The van der Waals surface area contributed by atoms with Crippen molar-refractivity contribution in [2.24, 2.45) is 5.92 Å². The highest BCUT2D eigenvalue weighted by Crippen LogP contribution is 2.30. The van der Waals surface area contributed by atoms with Gasteiger partial charge in [0.2, 0.25) is 0 Å². The summed E-state index contributed by atoms with van der Waals surface area (Å²) in [4.78, 5) is 2.25. The average molecular weight is 185 g/mol. The largest absolute Gasteiger partial charge is 0.389 e. The summed E-state index contributed by atoms with van der Waals surface area (Å²) in [7, 11) is 0. The lowest BCUT2D eigenvalue weighted by Gasteiger charge is -2.22. The van der Waals surface area contributed by atoms with Crippen LogP contribution in [0.15, 0.2) is 0 Å². The first kappa shape index (κ1) is 9.44. The molecule has 2 rings (SSSR count). The van der Waals surface area contributed by atoms with Crippen molar-refractivity contribution in [3.05, 3.63) is 0 Å². The molecule has 2 N–H and O–H groups in total. The molecule has 13 heavy (non-hydrogen) atoms. The molecular formula is C10H19NO2. The molecule has 3 heteroatoms. The maximum absolute atomic E-state index is 9.40. The fourth-order valence-electron chi connectivity index (χ4n) is 2.61. The molecule has 1 saturated heterocycles. The molecule has 0 aromatic rings. The number of aliphatic hydroxyl groups excluding tert-OH is 2. The quantitative estimate of drug-likeness (QED) is 0.614. The van der Waals surface area contributed by atoms with Crippen LogP contribution in [0.5, 0.6) is 0 Å². The van der Waals surface area contributed by atoms with Crippen molar-refractivity contribution < 1.29 is 10.2 Å². The van der Waals surface area contributed by atoms with Crippen LogP contribution in [-0.4, -0.2) is 46.5 Å². The molecule has 2 unspecified atom stereocenters. The smallest absolute Gasteiger partial charge is 0.0938 e. The summed E-state index contributed by atoms with van der Waals surface area (Å²) >= 11 is 0. The molecule has 1 heterocycles. The fourth-order valence-corrected chi connectivity index (χ4v) is 2.61. The second-order valence-electron chi connectivity index (χ2n) is 4.66. The number of rotatable bonds is 1. The van der Waals surface area contributed by atoms with E-state index < -0.39 is 12.2 Å². The average Bonchev–Trinajstić information content (AvgIpc) is 2.61. The zero-order valence-corrected chi connectivity index (χ0v) is 8.19. The van der Waals surface area contributed by atoms with Crippen molar-refractivity contribution in [1.82, 2.24) is 4.90 Å². The zero-order valence-electron chi connectivity index (χ0n) is 8.19. The van der Waals surface area contributed by atoms with Crippen molar-refractivity contribution in [2.75, 3.05) is 13.1 Å². The Hall–Kier alpha value is -0.120. The van der Waals surface area contributed by atoms with E-state index in [0.29, 0.717) is 19.1 Å². The van der Waals surface area contributed by atoms with Gasteiger partial charge >= 0.3 is 0 Å². The molecule has 76 valence electrons. The van der Waals surface area contributed by atoms with Gasteiger partial charge in [0.05, 0.1) is 12.2 Å². The van der Waals surface area contributed by atoms with Crippen LogP contribution in [0.4, 0.5) is 0 Å². The highest BCUT2D eigenvalue weighted by atomic mass is 16.3. The van der Waals surface area contributed by atoms with Gasteiger partial charge in [0, 0.05) is 19.1 Å². The Morgan fingerprint density at radius 2 is 1.69 bits per heavy atom. The molecule has 2 aliphatic rings. The molecule has 0 spiro atoms.